The van der Waals surface area contributed by atoms with Gasteiger partial charge in [0.1, 0.15) is 17.8 Å². The first kappa shape index (κ1) is 33.3. The maximum atomic E-state index is 14.5. The Morgan fingerprint density at radius 3 is 2.62 bits per heavy atom. The Kier molecular flexibility index (Phi) is 10.1. The monoisotopic (exact) mass is 643 g/mol. The first-order valence-corrected chi connectivity index (χ1v) is 16.9. The molecule has 4 N–H and O–H groups in total. The van der Waals surface area contributed by atoms with Gasteiger partial charge in [-0.05, 0) is 75.1 Å². The molecule has 3 atom stereocenters. The smallest absolute Gasteiger partial charge is 0.258 e. The summed E-state index contributed by atoms with van der Waals surface area (Å²) in [4.78, 5) is 46.6. The van der Waals surface area contributed by atoms with Crippen LogP contribution in [0.2, 0.25) is 0 Å². The highest BCUT2D eigenvalue weighted by atomic mass is 32.1. The van der Waals surface area contributed by atoms with E-state index < -0.39 is 47.0 Å². The number of aliphatic hydroxyl groups is 1. The molecule has 3 heterocycles. The Bertz CT molecular complexity index is 1380. The van der Waals surface area contributed by atoms with Gasteiger partial charge in [-0.3, -0.25) is 14.4 Å². The molecule has 1 aliphatic carbocycles. The molecule has 246 valence electrons. The van der Waals surface area contributed by atoms with Crippen LogP contribution < -0.4 is 20.7 Å². The van der Waals surface area contributed by atoms with Crippen molar-refractivity contribution in [2.75, 3.05) is 26.2 Å². The van der Waals surface area contributed by atoms with E-state index in [0.717, 1.165) is 54.0 Å². The number of benzene rings is 1. The van der Waals surface area contributed by atoms with Crippen LogP contribution in [0.15, 0.2) is 23.7 Å². The van der Waals surface area contributed by atoms with Gasteiger partial charge in [0.15, 0.2) is 5.67 Å². The number of nitrogens with one attached hydrogen (secondary N) is 3. The largest absolute Gasteiger partial charge is 0.493 e. The number of thiazole rings is 1. The molecule has 0 radical (unpaired) electrons. The van der Waals surface area contributed by atoms with Gasteiger partial charge in [-0.1, -0.05) is 32.9 Å². The number of aliphatic hydroxyl groups excluding tert-OH is 1. The highest BCUT2D eigenvalue weighted by Gasteiger charge is 2.53. The summed E-state index contributed by atoms with van der Waals surface area (Å²) in [6.07, 6.45) is 2.64. The topological polar surface area (TPSA) is 133 Å². The standard InChI is InChI=1S/C33H46FN5O5S/c1-20-27(45-19-37-20)22-5-6-23(26(15-22)44-14-9-21-7-12-35-13-8-21)17-36-29(41)25-16-24(40)18-39(25)30(42)28(32(2,3)4)38-31(43)33(34)10-11-33/h5-6,15,19,21,24-25,28,35,40H,7-14,16-18H2,1-4H3,(H,36,41)(H,38,43)/t24-,25+,28?/m1/s1. The van der Waals surface area contributed by atoms with Crippen LogP contribution >= 0.6 is 11.3 Å². The minimum atomic E-state index is -1.94. The number of β-amino-alcohol motifs (C(OH)–C–C–N with tert-alkyl or cyclic N) is 1. The average Bonchev–Trinajstić information content (AvgIpc) is 3.41. The van der Waals surface area contributed by atoms with Crippen molar-refractivity contribution in [3.8, 4) is 16.2 Å². The number of halogens is 1. The van der Waals surface area contributed by atoms with E-state index >= 15 is 0 Å². The quantitative estimate of drug-likeness (QED) is 0.295. The minimum absolute atomic E-state index is 0.0475. The van der Waals surface area contributed by atoms with E-state index in [4.69, 9.17) is 4.74 Å². The van der Waals surface area contributed by atoms with Gasteiger partial charge in [0, 0.05) is 25.1 Å². The molecular formula is C33H46FN5O5S. The van der Waals surface area contributed by atoms with E-state index in [2.05, 4.69) is 20.9 Å². The molecular weight excluding hydrogens is 597 g/mol. The third-order valence-corrected chi connectivity index (χ3v) is 10.1. The second kappa shape index (κ2) is 13.7. The minimum Gasteiger partial charge on any atom is -0.493 e. The summed E-state index contributed by atoms with van der Waals surface area (Å²) in [6.45, 7) is 10.0. The van der Waals surface area contributed by atoms with Crippen LogP contribution in [-0.4, -0.2) is 82.8 Å². The van der Waals surface area contributed by atoms with Gasteiger partial charge in [-0.25, -0.2) is 9.37 Å². The summed E-state index contributed by atoms with van der Waals surface area (Å²) in [7, 11) is 0. The third kappa shape index (κ3) is 8.01. The lowest BCUT2D eigenvalue weighted by atomic mass is 9.85. The Balaban J connectivity index is 1.28. The number of rotatable bonds is 11. The molecule has 0 bridgehead atoms. The van der Waals surface area contributed by atoms with Crippen LogP contribution in [0.3, 0.4) is 0 Å². The average molecular weight is 644 g/mol. The fraction of sp³-hybridized carbons (Fsp3) is 0.636. The molecule has 2 aromatic rings. The first-order chi connectivity index (χ1) is 21.4. The number of carbonyl (C=O) groups is 3. The normalized spacial score (nSPS) is 22.1. The number of ether oxygens (including phenoxy) is 1. The van der Waals surface area contributed by atoms with Crippen LogP contribution in [0.25, 0.3) is 10.4 Å². The van der Waals surface area contributed by atoms with Gasteiger partial charge in [-0.2, -0.15) is 0 Å². The molecule has 1 aromatic heterocycles. The highest BCUT2D eigenvalue weighted by molar-refractivity contribution is 7.13. The van der Waals surface area contributed by atoms with E-state index in [1.165, 1.54) is 4.90 Å². The summed E-state index contributed by atoms with van der Waals surface area (Å²) in [5.74, 6) is -0.431. The molecule has 12 heteroatoms. The number of aromatic nitrogens is 1. The van der Waals surface area contributed by atoms with E-state index in [9.17, 15) is 23.9 Å². The number of aryl methyl sites for hydroxylation is 1. The summed E-state index contributed by atoms with van der Waals surface area (Å²) in [5.41, 5.74) is 1.87. The fourth-order valence-electron chi connectivity index (χ4n) is 6.08. The van der Waals surface area contributed by atoms with Crippen molar-refractivity contribution in [2.45, 2.75) is 96.6 Å². The van der Waals surface area contributed by atoms with Crippen molar-refractivity contribution in [2.24, 2.45) is 11.3 Å². The van der Waals surface area contributed by atoms with Crippen molar-refractivity contribution < 1.29 is 28.6 Å². The van der Waals surface area contributed by atoms with Crippen molar-refractivity contribution >= 4 is 29.1 Å². The molecule has 2 aliphatic heterocycles. The number of nitrogens with zero attached hydrogens (tertiary/aromatic N) is 2. The lowest BCUT2D eigenvalue weighted by Crippen LogP contribution is -2.59. The van der Waals surface area contributed by atoms with Crippen LogP contribution in [0.5, 0.6) is 5.75 Å². The van der Waals surface area contributed by atoms with Gasteiger partial charge < -0.3 is 30.7 Å². The number of hydrogen-bond acceptors (Lipinski definition) is 8. The lowest BCUT2D eigenvalue weighted by molar-refractivity contribution is -0.145. The predicted octanol–water partition coefficient (Wildman–Crippen LogP) is 3.50. The maximum Gasteiger partial charge on any atom is 0.258 e. The van der Waals surface area contributed by atoms with Crippen molar-refractivity contribution in [1.82, 2.24) is 25.8 Å². The van der Waals surface area contributed by atoms with E-state index in [1.54, 1.807) is 32.1 Å². The fourth-order valence-corrected chi connectivity index (χ4v) is 6.88. The van der Waals surface area contributed by atoms with Gasteiger partial charge in [-0.15, -0.1) is 11.3 Å². The summed E-state index contributed by atoms with van der Waals surface area (Å²) in [5, 5.41) is 19.4. The van der Waals surface area contributed by atoms with Crippen LogP contribution in [0, 0.1) is 18.3 Å². The van der Waals surface area contributed by atoms with Crippen LogP contribution in [0.1, 0.15) is 70.6 Å². The third-order valence-electron chi connectivity index (χ3n) is 9.12. The number of amides is 3. The van der Waals surface area contributed by atoms with Gasteiger partial charge >= 0.3 is 0 Å². The van der Waals surface area contributed by atoms with Crippen molar-refractivity contribution in [3.63, 3.8) is 0 Å². The molecule has 1 unspecified atom stereocenters. The Hall–Kier alpha value is -3.09. The number of piperidine rings is 1. The van der Waals surface area contributed by atoms with E-state index in [0.29, 0.717) is 18.3 Å². The SMILES string of the molecule is Cc1ncsc1-c1ccc(CNC(=O)[C@@H]2C[C@@H](O)CN2C(=O)C(NC(=O)C2(F)CC2)C(C)(C)C)c(OCCC2CCNCC2)c1. The lowest BCUT2D eigenvalue weighted by Gasteiger charge is -2.35. The molecule has 5 rings (SSSR count). The Labute approximate surface area is 268 Å². The summed E-state index contributed by atoms with van der Waals surface area (Å²) < 4.78 is 20.8. The van der Waals surface area contributed by atoms with Crippen LogP contribution in [0.4, 0.5) is 4.39 Å². The molecule has 3 amide bonds. The molecule has 3 fully saturated rings. The first-order valence-electron chi connectivity index (χ1n) is 16.0. The molecule has 10 nitrogen and oxygen atoms in total. The predicted molar refractivity (Wildman–Crippen MR) is 170 cm³/mol. The second-order valence-corrected chi connectivity index (χ2v) is 14.6. The number of alkyl halides is 1. The molecule has 3 aliphatic rings. The Morgan fingerprint density at radius 2 is 1.98 bits per heavy atom. The second-order valence-electron chi connectivity index (χ2n) is 13.8. The van der Waals surface area contributed by atoms with Gasteiger partial charge in [0.2, 0.25) is 11.8 Å². The Morgan fingerprint density at radius 1 is 1.24 bits per heavy atom. The van der Waals surface area contributed by atoms with Crippen molar-refractivity contribution in [1.29, 1.82) is 0 Å². The van der Waals surface area contributed by atoms with E-state index in [-0.39, 0.29) is 32.4 Å². The summed E-state index contributed by atoms with van der Waals surface area (Å²) >= 11 is 1.56. The molecule has 1 aromatic carbocycles. The molecule has 2 saturated heterocycles. The number of likely N-dealkylation sites (tertiary alicyclic amines) is 1. The van der Waals surface area contributed by atoms with E-state index in [1.807, 2.05) is 30.6 Å². The maximum absolute atomic E-state index is 14.5. The molecule has 0 spiro atoms. The van der Waals surface area contributed by atoms with Gasteiger partial charge in [0.25, 0.3) is 5.91 Å². The highest BCUT2D eigenvalue weighted by Crippen LogP contribution is 2.40. The zero-order chi connectivity index (χ0) is 32.4. The van der Waals surface area contributed by atoms with Crippen molar-refractivity contribution in [3.05, 3.63) is 35.0 Å². The number of hydrogen-bond donors (Lipinski definition) is 4. The van der Waals surface area contributed by atoms with Crippen LogP contribution in [-0.2, 0) is 20.9 Å². The summed E-state index contributed by atoms with van der Waals surface area (Å²) in [6, 6.07) is 3.94. The van der Waals surface area contributed by atoms with Gasteiger partial charge in [0.05, 0.1) is 28.8 Å². The molecule has 45 heavy (non-hydrogen) atoms. The number of carbonyl (C=O) groups excluding carboxylic acids is 3. The zero-order valence-corrected chi connectivity index (χ0v) is 27.5. The molecule has 1 saturated carbocycles. The zero-order valence-electron chi connectivity index (χ0n) is 26.7.